The van der Waals surface area contributed by atoms with E-state index in [0.29, 0.717) is 37.9 Å². The first-order valence-electron chi connectivity index (χ1n) is 8.32. The highest BCUT2D eigenvalue weighted by Crippen LogP contribution is 2.28. The van der Waals surface area contributed by atoms with Crippen molar-refractivity contribution >= 4 is 17.8 Å². The van der Waals surface area contributed by atoms with Crippen LogP contribution in [-0.4, -0.2) is 50.5 Å². The van der Waals surface area contributed by atoms with E-state index in [0.717, 1.165) is 19.4 Å². The van der Waals surface area contributed by atoms with Gasteiger partial charge in [0, 0.05) is 32.1 Å². The molecule has 1 heterocycles. The van der Waals surface area contributed by atoms with Crippen molar-refractivity contribution in [1.29, 1.82) is 0 Å². The highest BCUT2D eigenvalue weighted by atomic mass is 16.3. The summed E-state index contributed by atoms with van der Waals surface area (Å²) in [6, 6.07) is 3.29. The molecule has 0 bridgehead atoms. The van der Waals surface area contributed by atoms with Crippen molar-refractivity contribution in [3.63, 3.8) is 0 Å². The summed E-state index contributed by atoms with van der Waals surface area (Å²) in [7, 11) is 0. The Bertz CT molecular complexity index is 552. The number of guanidine groups is 1. The zero-order chi connectivity index (χ0) is 17.2. The number of aliphatic imine (C=N–C) groups is 1. The summed E-state index contributed by atoms with van der Waals surface area (Å²) >= 11 is 0. The Balaban J connectivity index is 1.61. The van der Waals surface area contributed by atoms with Crippen LogP contribution in [0.25, 0.3) is 0 Å². The molecule has 4 N–H and O–H groups in total. The fourth-order valence-electron chi connectivity index (χ4n) is 2.03. The van der Waals surface area contributed by atoms with Gasteiger partial charge in [0.05, 0.1) is 12.8 Å². The monoisotopic (exact) mass is 335 g/mol. The minimum absolute atomic E-state index is 0.129. The first-order chi connectivity index (χ1) is 11.7. The number of amides is 2. The molecule has 2 amide bonds. The van der Waals surface area contributed by atoms with Gasteiger partial charge in [0.15, 0.2) is 11.7 Å². The largest absolute Gasteiger partial charge is 0.459 e. The lowest BCUT2D eigenvalue weighted by Gasteiger charge is -2.11. The molecule has 24 heavy (non-hydrogen) atoms. The molecule has 1 aromatic rings. The van der Waals surface area contributed by atoms with Gasteiger partial charge in [-0.25, -0.2) is 0 Å². The number of carbonyl (C=O) groups is 2. The second-order valence-corrected chi connectivity index (χ2v) is 5.49. The van der Waals surface area contributed by atoms with Crippen molar-refractivity contribution < 1.29 is 14.0 Å². The van der Waals surface area contributed by atoms with Gasteiger partial charge < -0.3 is 25.7 Å². The SMILES string of the molecule is CCNC(=NCCNC(=O)C1CC1)NCCNC(=O)c1ccco1. The van der Waals surface area contributed by atoms with Crippen LogP contribution in [0.2, 0.25) is 0 Å². The van der Waals surface area contributed by atoms with Crippen molar-refractivity contribution in [2.75, 3.05) is 32.7 Å². The van der Waals surface area contributed by atoms with Gasteiger partial charge in [-0.1, -0.05) is 0 Å². The lowest BCUT2D eigenvalue weighted by molar-refractivity contribution is -0.122. The van der Waals surface area contributed by atoms with Crippen molar-refractivity contribution in [2.45, 2.75) is 19.8 Å². The van der Waals surface area contributed by atoms with Gasteiger partial charge in [0.2, 0.25) is 5.91 Å². The molecular formula is C16H25N5O3. The van der Waals surface area contributed by atoms with E-state index in [-0.39, 0.29) is 17.7 Å². The van der Waals surface area contributed by atoms with E-state index in [1.165, 1.54) is 6.26 Å². The third kappa shape index (κ3) is 6.31. The van der Waals surface area contributed by atoms with Gasteiger partial charge in [0.25, 0.3) is 5.91 Å². The number of hydrogen-bond acceptors (Lipinski definition) is 4. The molecule has 0 radical (unpaired) electrons. The van der Waals surface area contributed by atoms with Gasteiger partial charge in [-0.3, -0.25) is 14.6 Å². The van der Waals surface area contributed by atoms with Crippen LogP contribution in [0.5, 0.6) is 0 Å². The summed E-state index contributed by atoms with van der Waals surface area (Å²) in [5, 5.41) is 11.9. The third-order valence-corrected chi connectivity index (χ3v) is 3.42. The standard InChI is InChI=1S/C16H25N5O3/c1-2-17-16(20-9-7-18-14(22)12-5-6-12)21-10-8-19-15(23)13-4-3-11-24-13/h3-4,11-12H,2,5-10H2,1H3,(H,18,22)(H,19,23)(H2,17,20,21). The quantitative estimate of drug-likeness (QED) is 0.291. The van der Waals surface area contributed by atoms with Crippen molar-refractivity contribution in [2.24, 2.45) is 10.9 Å². The van der Waals surface area contributed by atoms with Crippen molar-refractivity contribution in [3.05, 3.63) is 24.2 Å². The Hall–Kier alpha value is -2.51. The highest BCUT2D eigenvalue weighted by molar-refractivity contribution is 5.91. The zero-order valence-electron chi connectivity index (χ0n) is 13.9. The predicted octanol–water partition coefficient (Wildman–Crippen LogP) is 0.0907. The van der Waals surface area contributed by atoms with Crippen LogP contribution in [-0.2, 0) is 4.79 Å². The van der Waals surface area contributed by atoms with Gasteiger partial charge in [-0.2, -0.15) is 0 Å². The second kappa shape index (κ2) is 9.59. The first kappa shape index (κ1) is 17.8. The molecule has 0 saturated heterocycles. The molecule has 0 aliphatic heterocycles. The van der Waals surface area contributed by atoms with Crippen molar-refractivity contribution in [3.8, 4) is 0 Å². The maximum Gasteiger partial charge on any atom is 0.287 e. The molecule has 0 atom stereocenters. The summed E-state index contributed by atoms with van der Waals surface area (Å²) in [5.41, 5.74) is 0. The number of rotatable bonds is 9. The molecule has 132 valence electrons. The predicted molar refractivity (Wildman–Crippen MR) is 90.8 cm³/mol. The van der Waals surface area contributed by atoms with Crippen LogP contribution in [0.3, 0.4) is 0 Å². The molecule has 1 saturated carbocycles. The van der Waals surface area contributed by atoms with Crippen LogP contribution < -0.4 is 21.3 Å². The van der Waals surface area contributed by atoms with Crippen LogP contribution in [0.4, 0.5) is 0 Å². The molecule has 2 rings (SSSR count). The van der Waals surface area contributed by atoms with E-state index in [1.807, 2.05) is 6.92 Å². The molecule has 0 spiro atoms. The molecule has 1 aliphatic rings. The number of hydrogen-bond donors (Lipinski definition) is 4. The Morgan fingerprint density at radius 3 is 2.62 bits per heavy atom. The molecule has 1 aromatic heterocycles. The first-order valence-corrected chi connectivity index (χ1v) is 8.32. The molecule has 0 unspecified atom stereocenters. The van der Waals surface area contributed by atoms with Crippen LogP contribution in [0.1, 0.15) is 30.3 Å². The Morgan fingerprint density at radius 1 is 1.17 bits per heavy atom. The zero-order valence-corrected chi connectivity index (χ0v) is 13.9. The average Bonchev–Trinajstić information content (AvgIpc) is 3.29. The normalized spacial score (nSPS) is 14.1. The lowest BCUT2D eigenvalue weighted by atomic mass is 10.4. The number of nitrogens with zero attached hydrogens (tertiary/aromatic N) is 1. The summed E-state index contributed by atoms with van der Waals surface area (Å²) in [5.74, 6) is 1.06. The van der Waals surface area contributed by atoms with Crippen LogP contribution in [0, 0.1) is 5.92 Å². The number of carbonyl (C=O) groups excluding carboxylic acids is 2. The summed E-state index contributed by atoms with van der Waals surface area (Å²) < 4.78 is 5.01. The Labute approximate surface area is 141 Å². The maximum absolute atomic E-state index is 11.7. The highest BCUT2D eigenvalue weighted by Gasteiger charge is 2.28. The van der Waals surface area contributed by atoms with E-state index >= 15 is 0 Å². The van der Waals surface area contributed by atoms with E-state index < -0.39 is 0 Å². The molecule has 1 fully saturated rings. The molecule has 1 aliphatic carbocycles. The summed E-state index contributed by atoms with van der Waals surface area (Å²) in [4.78, 5) is 27.6. The Morgan fingerprint density at radius 2 is 1.96 bits per heavy atom. The number of furan rings is 1. The molecule has 0 aromatic carbocycles. The minimum Gasteiger partial charge on any atom is -0.459 e. The Kier molecular flexibility index (Phi) is 7.13. The van der Waals surface area contributed by atoms with Gasteiger partial charge in [-0.05, 0) is 31.9 Å². The van der Waals surface area contributed by atoms with E-state index in [2.05, 4.69) is 26.3 Å². The summed E-state index contributed by atoms with van der Waals surface area (Å²) in [6.07, 6.45) is 3.47. The topological polar surface area (TPSA) is 108 Å². The molecule has 8 heteroatoms. The number of nitrogens with one attached hydrogen (secondary N) is 4. The van der Waals surface area contributed by atoms with Crippen molar-refractivity contribution in [1.82, 2.24) is 21.3 Å². The maximum atomic E-state index is 11.7. The molecule has 8 nitrogen and oxygen atoms in total. The van der Waals surface area contributed by atoms with Gasteiger partial charge in [-0.15, -0.1) is 0 Å². The smallest absolute Gasteiger partial charge is 0.287 e. The van der Waals surface area contributed by atoms with E-state index in [4.69, 9.17) is 4.42 Å². The van der Waals surface area contributed by atoms with Crippen LogP contribution in [0.15, 0.2) is 27.8 Å². The van der Waals surface area contributed by atoms with Gasteiger partial charge in [0.1, 0.15) is 0 Å². The van der Waals surface area contributed by atoms with E-state index in [9.17, 15) is 9.59 Å². The second-order valence-electron chi connectivity index (χ2n) is 5.49. The summed E-state index contributed by atoms with van der Waals surface area (Å²) in [6.45, 7) is 4.73. The lowest BCUT2D eigenvalue weighted by Crippen LogP contribution is -2.42. The van der Waals surface area contributed by atoms with Gasteiger partial charge >= 0.3 is 0 Å². The van der Waals surface area contributed by atoms with E-state index in [1.54, 1.807) is 12.1 Å². The minimum atomic E-state index is -0.244. The van der Waals surface area contributed by atoms with Crippen LogP contribution >= 0.6 is 0 Å². The third-order valence-electron chi connectivity index (χ3n) is 3.42. The molecular weight excluding hydrogens is 310 g/mol. The fraction of sp³-hybridized carbons (Fsp3) is 0.562. The average molecular weight is 335 g/mol. The fourth-order valence-corrected chi connectivity index (χ4v) is 2.03.